The number of fused-ring (bicyclic) bond motifs is 2. The third kappa shape index (κ3) is 5.00. The smallest absolute Gasteiger partial charge is 0.246 e. The van der Waals surface area contributed by atoms with E-state index in [1.807, 2.05) is 59.8 Å². The zero-order valence-electron chi connectivity index (χ0n) is 22.4. The molecule has 11 nitrogen and oxygen atoms in total. The first-order valence-electron chi connectivity index (χ1n) is 13.1. The van der Waals surface area contributed by atoms with Gasteiger partial charge in [0.15, 0.2) is 11.5 Å². The second-order valence-corrected chi connectivity index (χ2v) is 9.71. The molecule has 1 aliphatic rings. The SMILES string of the molecule is C=CC(=O)N1CCCN(c2ccc3ncnc(Nc4ccc(Oc5cnc6c(c5)ncn6C)c(C)c4)c3n2)CC1. The van der Waals surface area contributed by atoms with Gasteiger partial charge in [-0.25, -0.2) is 24.9 Å². The molecule has 40 heavy (non-hydrogen) atoms. The van der Waals surface area contributed by atoms with E-state index in [-0.39, 0.29) is 5.91 Å². The molecule has 0 bridgehead atoms. The largest absolute Gasteiger partial charge is 0.455 e. The van der Waals surface area contributed by atoms with E-state index in [4.69, 9.17) is 9.72 Å². The lowest BCUT2D eigenvalue weighted by molar-refractivity contribution is -0.125. The number of carbonyl (C=O) groups is 1. The van der Waals surface area contributed by atoms with Gasteiger partial charge >= 0.3 is 0 Å². The van der Waals surface area contributed by atoms with Crippen LogP contribution in [0.2, 0.25) is 0 Å². The van der Waals surface area contributed by atoms with Gasteiger partial charge in [-0.2, -0.15) is 0 Å². The minimum Gasteiger partial charge on any atom is -0.455 e. The Labute approximate surface area is 231 Å². The quantitative estimate of drug-likeness (QED) is 0.317. The van der Waals surface area contributed by atoms with Gasteiger partial charge < -0.3 is 24.4 Å². The summed E-state index contributed by atoms with van der Waals surface area (Å²) >= 11 is 0. The first-order valence-corrected chi connectivity index (χ1v) is 13.1. The Morgan fingerprint density at radius 1 is 1.02 bits per heavy atom. The molecule has 202 valence electrons. The highest BCUT2D eigenvalue weighted by atomic mass is 16.5. The predicted molar refractivity (Wildman–Crippen MR) is 154 cm³/mol. The molecule has 11 heteroatoms. The molecule has 1 aromatic carbocycles. The molecule has 0 radical (unpaired) electrons. The van der Waals surface area contributed by atoms with Gasteiger partial charge in [0.05, 0.1) is 18.0 Å². The predicted octanol–water partition coefficient (Wildman–Crippen LogP) is 4.38. The molecule has 4 aromatic heterocycles. The molecule has 6 rings (SSSR count). The number of ether oxygens (including phenoxy) is 1. The van der Waals surface area contributed by atoms with Crippen molar-refractivity contribution in [2.45, 2.75) is 13.3 Å². The maximum Gasteiger partial charge on any atom is 0.246 e. The van der Waals surface area contributed by atoms with Crippen molar-refractivity contribution in [3.63, 3.8) is 0 Å². The molecule has 0 aliphatic carbocycles. The van der Waals surface area contributed by atoms with Crippen molar-refractivity contribution >= 4 is 45.4 Å². The van der Waals surface area contributed by atoms with E-state index >= 15 is 0 Å². The van der Waals surface area contributed by atoms with Gasteiger partial charge in [-0.15, -0.1) is 0 Å². The van der Waals surface area contributed by atoms with Crippen molar-refractivity contribution in [3.8, 4) is 11.5 Å². The molecule has 0 unspecified atom stereocenters. The molecular weight excluding hydrogens is 506 g/mol. The highest BCUT2D eigenvalue weighted by Gasteiger charge is 2.19. The monoisotopic (exact) mass is 535 g/mol. The normalized spacial score (nSPS) is 13.8. The van der Waals surface area contributed by atoms with Crippen LogP contribution in [-0.2, 0) is 11.8 Å². The Morgan fingerprint density at radius 2 is 1.93 bits per heavy atom. The number of hydrogen-bond donors (Lipinski definition) is 1. The molecule has 0 saturated carbocycles. The number of nitrogens with one attached hydrogen (secondary N) is 1. The van der Waals surface area contributed by atoms with Crippen LogP contribution in [-0.4, -0.2) is 66.5 Å². The summed E-state index contributed by atoms with van der Waals surface area (Å²) in [5, 5.41) is 3.40. The van der Waals surface area contributed by atoms with Crippen LogP contribution < -0.4 is 15.0 Å². The third-order valence-electron chi connectivity index (χ3n) is 6.97. The summed E-state index contributed by atoms with van der Waals surface area (Å²) in [5.41, 5.74) is 4.80. The topological polar surface area (TPSA) is 114 Å². The number of imidazole rings is 1. The van der Waals surface area contributed by atoms with E-state index in [0.717, 1.165) is 52.5 Å². The van der Waals surface area contributed by atoms with Crippen LogP contribution in [0.3, 0.4) is 0 Å². The van der Waals surface area contributed by atoms with Gasteiger partial charge in [-0.05, 0) is 55.3 Å². The van der Waals surface area contributed by atoms with E-state index in [1.54, 1.807) is 12.5 Å². The fourth-order valence-electron chi connectivity index (χ4n) is 4.85. The molecule has 1 saturated heterocycles. The average Bonchev–Trinajstić information content (AvgIpc) is 3.16. The maximum atomic E-state index is 12.1. The number of rotatable bonds is 6. The Kier molecular flexibility index (Phi) is 6.69. The second-order valence-electron chi connectivity index (χ2n) is 9.71. The van der Waals surface area contributed by atoms with Gasteiger partial charge in [0.2, 0.25) is 5.91 Å². The van der Waals surface area contributed by atoms with Gasteiger partial charge in [0.25, 0.3) is 0 Å². The van der Waals surface area contributed by atoms with E-state index in [2.05, 4.69) is 36.7 Å². The van der Waals surface area contributed by atoms with Gasteiger partial charge in [0.1, 0.15) is 34.7 Å². The fourth-order valence-corrected chi connectivity index (χ4v) is 4.85. The lowest BCUT2D eigenvalue weighted by Crippen LogP contribution is -2.34. The summed E-state index contributed by atoms with van der Waals surface area (Å²) in [6, 6.07) is 11.7. The molecule has 1 aliphatic heterocycles. The summed E-state index contributed by atoms with van der Waals surface area (Å²) in [6.07, 6.45) is 7.19. The molecule has 5 heterocycles. The summed E-state index contributed by atoms with van der Waals surface area (Å²) in [5.74, 6) is 2.75. The van der Waals surface area contributed by atoms with Crippen molar-refractivity contribution in [1.82, 2.24) is 34.4 Å². The van der Waals surface area contributed by atoms with Gasteiger partial charge in [-0.1, -0.05) is 6.58 Å². The van der Waals surface area contributed by atoms with Crippen LogP contribution in [0.25, 0.3) is 22.2 Å². The van der Waals surface area contributed by atoms with Crippen LogP contribution >= 0.6 is 0 Å². The van der Waals surface area contributed by atoms with Crippen molar-refractivity contribution < 1.29 is 9.53 Å². The molecule has 5 aromatic rings. The number of aromatic nitrogens is 6. The van der Waals surface area contributed by atoms with E-state index < -0.39 is 0 Å². The van der Waals surface area contributed by atoms with Gasteiger partial charge in [0, 0.05) is 45.0 Å². The molecule has 0 atom stereocenters. The van der Waals surface area contributed by atoms with Crippen LogP contribution in [0.1, 0.15) is 12.0 Å². The third-order valence-corrected chi connectivity index (χ3v) is 6.97. The molecular formula is C29H29N9O2. The molecule has 1 amide bonds. The maximum absolute atomic E-state index is 12.1. The number of hydrogen-bond acceptors (Lipinski definition) is 9. The van der Waals surface area contributed by atoms with Crippen LogP contribution in [0.4, 0.5) is 17.3 Å². The Bertz CT molecular complexity index is 1730. The van der Waals surface area contributed by atoms with E-state index in [9.17, 15) is 4.79 Å². The number of carbonyl (C=O) groups excluding carboxylic acids is 1. The summed E-state index contributed by atoms with van der Waals surface area (Å²) in [4.78, 5) is 38.7. The van der Waals surface area contributed by atoms with Crippen molar-refractivity contribution in [3.05, 3.63) is 73.5 Å². The highest BCUT2D eigenvalue weighted by molar-refractivity contribution is 5.88. The lowest BCUT2D eigenvalue weighted by Gasteiger charge is -2.22. The second kappa shape index (κ2) is 10.6. The van der Waals surface area contributed by atoms with E-state index in [0.29, 0.717) is 36.7 Å². The first-order chi connectivity index (χ1) is 19.5. The zero-order valence-corrected chi connectivity index (χ0v) is 22.4. The number of nitrogens with zero attached hydrogens (tertiary/aromatic N) is 8. The Morgan fingerprint density at radius 3 is 2.77 bits per heavy atom. The van der Waals surface area contributed by atoms with Crippen molar-refractivity contribution in [2.24, 2.45) is 7.05 Å². The average molecular weight is 536 g/mol. The standard InChI is InChI=1S/C29H29N9O2/c1-4-26(39)38-11-5-10-37(12-13-38)25-9-7-22-27(35-25)28(32-17-31-22)34-20-6-8-24(19(2)14-20)40-21-15-23-29(30-16-21)36(3)18-33-23/h4,6-9,14-18H,1,5,10-13H2,2-3H3,(H,31,32,34). The lowest BCUT2D eigenvalue weighted by atomic mass is 10.2. The van der Waals surface area contributed by atoms with Gasteiger partial charge in [-0.3, -0.25) is 4.79 Å². The number of pyridine rings is 2. The van der Waals surface area contributed by atoms with Crippen LogP contribution in [0.15, 0.2) is 67.9 Å². The van der Waals surface area contributed by atoms with E-state index in [1.165, 1.54) is 12.4 Å². The molecule has 0 spiro atoms. The van der Waals surface area contributed by atoms with Crippen LogP contribution in [0.5, 0.6) is 11.5 Å². The number of amides is 1. The minimum atomic E-state index is -0.0362. The summed E-state index contributed by atoms with van der Waals surface area (Å²) < 4.78 is 7.98. The summed E-state index contributed by atoms with van der Waals surface area (Å²) in [7, 11) is 1.91. The Hall–Kier alpha value is -5.06. The number of benzene rings is 1. The molecule has 1 fully saturated rings. The fraction of sp³-hybridized carbons (Fsp3) is 0.241. The highest BCUT2D eigenvalue weighted by Crippen LogP contribution is 2.30. The van der Waals surface area contributed by atoms with Crippen molar-refractivity contribution in [2.75, 3.05) is 36.4 Å². The number of aryl methyl sites for hydroxylation is 2. The first kappa shape index (κ1) is 25.2. The Balaban J connectivity index is 1.21. The number of anilines is 3. The summed E-state index contributed by atoms with van der Waals surface area (Å²) in [6.45, 7) is 8.43. The minimum absolute atomic E-state index is 0.0362. The zero-order chi connectivity index (χ0) is 27.6. The van der Waals surface area contributed by atoms with Crippen molar-refractivity contribution in [1.29, 1.82) is 0 Å². The molecule has 1 N–H and O–H groups in total. The van der Waals surface area contributed by atoms with Crippen LogP contribution in [0, 0.1) is 6.92 Å².